The first-order valence-electron chi connectivity index (χ1n) is 16.3. The molecular weight excluding hydrogens is 608 g/mol. The number of anilines is 1. The molecule has 2 aromatic carbocycles. The molecule has 254 valence electrons. The SMILES string of the molecule is COC(=O)c1ccc(C2CC3(CCN2Cc2c(OC)cc(C)c4c2ccn4C(=O)OC(C)(C)C)CC(F)(F)C3)c(NCC2COC2)c1. The topological polar surface area (TPSA) is 91.3 Å². The van der Waals surface area contributed by atoms with E-state index in [4.69, 9.17) is 18.9 Å². The van der Waals surface area contributed by atoms with E-state index >= 15 is 0 Å². The van der Waals surface area contributed by atoms with E-state index in [0.717, 1.165) is 33.3 Å². The number of aryl methyl sites for hydroxylation is 1. The maximum absolute atomic E-state index is 14.4. The highest BCUT2D eigenvalue weighted by Crippen LogP contribution is 2.61. The Morgan fingerprint density at radius 3 is 2.47 bits per heavy atom. The van der Waals surface area contributed by atoms with Crippen LogP contribution in [0.1, 0.15) is 79.5 Å². The lowest BCUT2D eigenvalue weighted by molar-refractivity contribution is -0.186. The molecule has 1 aromatic heterocycles. The van der Waals surface area contributed by atoms with Crippen molar-refractivity contribution in [2.45, 2.75) is 77.5 Å². The van der Waals surface area contributed by atoms with Crippen molar-refractivity contribution >= 4 is 28.7 Å². The maximum Gasteiger partial charge on any atom is 0.419 e. The van der Waals surface area contributed by atoms with E-state index in [1.807, 2.05) is 45.9 Å². The number of carbonyl (C=O) groups is 2. The van der Waals surface area contributed by atoms with Crippen molar-refractivity contribution in [2.24, 2.45) is 11.3 Å². The molecule has 9 nitrogen and oxygen atoms in total. The molecule has 3 aromatic rings. The summed E-state index contributed by atoms with van der Waals surface area (Å²) in [4.78, 5) is 28.1. The van der Waals surface area contributed by atoms with Gasteiger partial charge in [0.2, 0.25) is 5.92 Å². The van der Waals surface area contributed by atoms with Crippen molar-refractivity contribution in [3.05, 3.63) is 58.8 Å². The number of esters is 1. The highest BCUT2D eigenvalue weighted by atomic mass is 19.3. The van der Waals surface area contributed by atoms with Gasteiger partial charge in [0.25, 0.3) is 0 Å². The summed E-state index contributed by atoms with van der Waals surface area (Å²) in [5, 5.41) is 4.41. The lowest BCUT2D eigenvalue weighted by Gasteiger charge is -2.55. The quantitative estimate of drug-likeness (QED) is 0.253. The molecule has 1 saturated carbocycles. The van der Waals surface area contributed by atoms with Crippen molar-refractivity contribution in [1.82, 2.24) is 9.47 Å². The first kappa shape index (κ1) is 33.2. The van der Waals surface area contributed by atoms with E-state index < -0.39 is 29.0 Å². The van der Waals surface area contributed by atoms with E-state index in [1.54, 1.807) is 25.4 Å². The zero-order valence-electron chi connectivity index (χ0n) is 28.1. The number of nitrogens with one attached hydrogen (secondary N) is 1. The van der Waals surface area contributed by atoms with Gasteiger partial charge in [-0.05, 0) is 87.9 Å². The van der Waals surface area contributed by atoms with Crippen LogP contribution in [0.5, 0.6) is 5.75 Å². The number of hydrogen-bond donors (Lipinski definition) is 1. The lowest BCUT2D eigenvalue weighted by Crippen LogP contribution is -2.53. The standard InChI is InChI=1S/C36H45F2N3O6/c1-22-13-30(44-5)27(25-9-11-41(31(22)25)33(43)47-34(2,3)4)17-40-12-10-35(20-36(37,38)21-35)15-29(40)26-8-7-24(32(42)45-6)14-28(26)39-16-23-18-46-19-23/h7-9,11,13-14,23,29,39H,10,12,15-21H2,1-6H3. The van der Waals surface area contributed by atoms with Crippen LogP contribution in [0.25, 0.3) is 10.9 Å². The summed E-state index contributed by atoms with van der Waals surface area (Å²) >= 11 is 0. The van der Waals surface area contributed by atoms with Crippen molar-refractivity contribution < 1.29 is 37.3 Å². The molecular formula is C36H45F2N3O6. The number of ether oxygens (including phenoxy) is 4. The van der Waals surface area contributed by atoms with Crippen molar-refractivity contribution in [3.63, 3.8) is 0 Å². The summed E-state index contributed by atoms with van der Waals surface area (Å²) in [6, 6.07) is 9.11. The van der Waals surface area contributed by atoms with Crippen LogP contribution in [-0.4, -0.2) is 73.6 Å². The number of fused-ring (bicyclic) bond motifs is 1. The Kier molecular flexibility index (Phi) is 8.76. The molecule has 1 spiro atoms. The van der Waals surface area contributed by atoms with E-state index in [-0.39, 0.29) is 18.9 Å². The number of carbonyl (C=O) groups excluding carboxylic acids is 2. The summed E-state index contributed by atoms with van der Waals surface area (Å²) in [5.41, 5.74) is 3.54. The third-order valence-corrected chi connectivity index (χ3v) is 9.79. The molecule has 1 aliphatic carbocycles. The first-order chi connectivity index (χ1) is 22.2. The first-order valence-corrected chi connectivity index (χ1v) is 16.3. The smallest absolute Gasteiger partial charge is 0.419 e. The Labute approximate surface area is 274 Å². The van der Waals surface area contributed by atoms with Gasteiger partial charge in [0.15, 0.2) is 0 Å². The van der Waals surface area contributed by atoms with Gasteiger partial charge in [-0.1, -0.05) is 6.07 Å². The van der Waals surface area contributed by atoms with Gasteiger partial charge in [0, 0.05) is 60.7 Å². The summed E-state index contributed by atoms with van der Waals surface area (Å²) in [6.07, 6.45) is 2.22. The summed E-state index contributed by atoms with van der Waals surface area (Å²) in [7, 11) is 2.98. The average molecular weight is 654 g/mol. The van der Waals surface area contributed by atoms with Gasteiger partial charge in [-0.15, -0.1) is 0 Å². The van der Waals surface area contributed by atoms with E-state index in [0.29, 0.717) is 62.9 Å². The summed E-state index contributed by atoms with van der Waals surface area (Å²) < 4.78 is 52.3. The van der Waals surface area contributed by atoms with E-state index in [1.165, 1.54) is 11.7 Å². The Bertz CT molecular complexity index is 1670. The zero-order valence-corrected chi connectivity index (χ0v) is 28.1. The maximum atomic E-state index is 14.4. The number of rotatable bonds is 8. The zero-order chi connectivity index (χ0) is 33.7. The van der Waals surface area contributed by atoms with Gasteiger partial charge in [0.1, 0.15) is 11.4 Å². The Morgan fingerprint density at radius 1 is 1.11 bits per heavy atom. The van der Waals surface area contributed by atoms with E-state index in [9.17, 15) is 18.4 Å². The highest BCUT2D eigenvalue weighted by Gasteiger charge is 2.58. The average Bonchev–Trinajstić information content (AvgIpc) is 3.42. The van der Waals surface area contributed by atoms with E-state index in [2.05, 4.69) is 10.2 Å². The van der Waals surface area contributed by atoms with Gasteiger partial charge in [-0.25, -0.2) is 18.4 Å². The fourth-order valence-electron chi connectivity index (χ4n) is 7.52. The monoisotopic (exact) mass is 653 g/mol. The number of benzene rings is 2. The van der Waals surface area contributed by atoms with Crippen LogP contribution in [0, 0.1) is 18.3 Å². The van der Waals surface area contributed by atoms with Crippen LogP contribution in [0.2, 0.25) is 0 Å². The third-order valence-electron chi connectivity index (χ3n) is 9.79. The minimum atomic E-state index is -2.65. The van der Waals surface area contributed by atoms with Crippen molar-refractivity contribution in [3.8, 4) is 5.75 Å². The number of methoxy groups -OCH3 is 2. The second-order valence-corrected chi connectivity index (χ2v) is 14.5. The summed E-state index contributed by atoms with van der Waals surface area (Å²) in [5.74, 6) is -2.05. The van der Waals surface area contributed by atoms with Crippen LogP contribution in [-0.2, 0) is 20.8 Å². The van der Waals surface area contributed by atoms with Crippen LogP contribution in [0.4, 0.5) is 19.3 Å². The number of aromatic nitrogens is 1. The Balaban J connectivity index is 1.40. The van der Waals surface area contributed by atoms with Crippen molar-refractivity contribution in [1.29, 1.82) is 0 Å². The second-order valence-electron chi connectivity index (χ2n) is 14.5. The molecule has 0 amide bonds. The number of likely N-dealkylation sites (tertiary alicyclic amines) is 1. The summed E-state index contributed by atoms with van der Waals surface area (Å²) in [6.45, 7) is 10.5. The predicted molar refractivity (Wildman–Crippen MR) is 174 cm³/mol. The Morgan fingerprint density at radius 2 is 1.85 bits per heavy atom. The van der Waals surface area contributed by atoms with Crippen LogP contribution < -0.4 is 10.1 Å². The molecule has 2 saturated heterocycles. The molecule has 2 aliphatic heterocycles. The van der Waals surface area contributed by atoms with Crippen molar-refractivity contribution in [2.75, 3.05) is 45.8 Å². The molecule has 1 unspecified atom stereocenters. The molecule has 3 fully saturated rings. The molecule has 47 heavy (non-hydrogen) atoms. The van der Waals surface area contributed by atoms with Gasteiger partial charge in [-0.2, -0.15) is 0 Å². The molecule has 3 aliphatic rings. The fourth-order valence-corrected chi connectivity index (χ4v) is 7.52. The largest absolute Gasteiger partial charge is 0.496 e. The lowest BCUT2D eigenvalue weighted by atomic mass is 9.58. The number of piperidine rings is 1. The van der Waals surface area contributed by atoms with Crippen LogP contribution in [0.3, 0.4) is 0 Å². The van der Waals surface area contributed by atoms with Crippen LogP contribution >= 0.6 is 0 Å². The molecule has 6 rings (SSSR count). The third kappa shape index (κ3) is 6.69. The number of halogens is 2. The van der Waals surface area contributed by atoms with Gasteiger partial charge < -0.3 is 24.3 Å². The molecule has 0 bridgehead atoms. The molecule has 3 heterocycles. The minimum Gasteiger partial charge on any atom is -0.496 e. The Hall–Kier alpha value is -3.70. The molecule has 11 heteroatoms. The number of nitrogens with zero attached hydrogens (tertiary/aromatic N) is 2. The number of hydrogen-bond acceptors (Lipinski definition) is 8. The molecule has 0 radical (unpaired) electrons. The van der Waals surface area contributed by atoms with Gasteiger partial charge in [0.05, 0.1) is 38.5 Å². The predicted octanol–water partition coefficient (Wildman–Crippen LogP) is 7.34. The highest BCUT2D eigenvalue weighted by molar-refractivity contribution is 5.95. The number of alkyl halides is 2. The molecule has 1 atom stereocenters. The molecule has 1 N–H and O–H groups in total. The van der Waals surface area contributed by atoms with Crippen LogP contribution in [0.15, 0.2) is 36.5 Å². The second kappa shape index (κ2) is 12.4. The minimum absolute atomic E-state index is 0.121. The fraction of sp³-hybridized carbons (Fsp3) is 0.556. The normalized spacial score (nSPS) is 20.8. The van der Waals surface area contributed by atoms with Gasteiger partial charge in [-0.3, -0.25) is 9.47 Å². The van der Waals surface area contributed by atoms with Gasteiger partial charge >= 0.3 is 12.1 Å².